The summed E-state index contributed by atoms with van der Waals surface area (Å²) in [6, 6.07) is 21.0. The Morgan fingerprint density at radius 1 is 0.929 bits per heavy atom. The molecule has 226 valence electrons. The van der Waals surface area contributed by atoms with Crippen LogP contribution in [0.5, 0.6) is 0 Å². The largest absolute Gasteiger partial charge is 0.352 e. The Hall–Kier alpha value is -3.40. The first-order valence-electron chi connectivity index (χ1n) is 14.0. The summed E-state index contributed by atoms with van der Waals surface area (Å²) < 4.78 is 29.4. The summed E-state index contributed by atoms with van der Waals surface area (Å²) in [6.07, 6.45) is 0.965. The molecular formula is C32H41ClN4O4S. The van der Waals surface area contributed by atoms with Crippen LogP contribution in [0.2, 0.25) is 5.02 Å². The second-order valence-electron chi connectivity index (χ2n) is 10.8. The fourth-order valence-corrected chi connectivity index (χ4v) is 5.84. The van der Waals surface area contributed by atoms with E-state index >= 15 is 0 Å². The van der Waals surface area contributed by atoms with E-state index in [1.807, 2.05) is 69.3 Å². The van der Waals surface area contributed by atoms with Crippen LogP contribution in [-0.4, -0.2) is 62.2 Å². The predicted molar refractivity (Wildman–Crippen MR) is 170 cm³/mol. The maximum Gasteiger partial charge on any atom is 0.304 e. The summed E-state index contributed by atoms with van der Waals surface area (Å²) in [5, 5.41) is 3.53. The van der Waals surface area contributed by atoms with Crippen LogP contribution < -0.4 is 9.62 Å². The van der Waals surface area contributed by atoms with Crippen LogP contribution >= 0.6 is 11.6 Å². The van der Waals surface area contributed by atoms with E-state index in [0.717, 1.165) is 25.3 Å². The number of nitrogens with one attached hydrogen (secondary N) is 1. The Morgan fingerprint density at radius 2 is 1.60 bits per heavy atom. The molecule has 0 unspecified atom stereocenters. The van der Waals surface area contributed by atoms with Crippen molar-refractivity contribution in [3.05, 3.63) is 100 Å². The highest BCUT2D eigenvalue weighted by atomic mass is 35.5. The zero-order chi connectivity index (χ0) is 31.0. The Balaban J connectivity index is 2.13. The molecule has 0 saturated carbocycles. The number of amides is 2. The minimum atomic E-state index is -4.07. The molecule has 0 aliphatic carbocycles. The van der Waals surface area contributed by atoms with Crippen molar-refractivity contribution in [3.8, 4) is 0 Å². The van der Waals surface area contributed by atoms with Crippen LogP contribution in [0.25, 0.3) is 0 Å². The summed E-state index contributed by atoms with van der Waals surface area (Å²) in [4.78, 5) is 29.6. The molecule has 3 aromatic rings. The van der Waals surface area contributed by atoms with Gasteiger partial charge in [0.15, 0.2) is 0 Å². The Morgan fingerprint density at radius 3 is 2.21 bits per heavy atom. The van der Waals surface area contributed by atoms with Gasteiger partial charge in [0.1, 0.15) is 12.6 Å². The number of aryl methyl sites for hydroxylation is 2. The van der Waals surface area contributed by atoms with Gasteiger partial charge in [0, 0.05) is 38.1 Å². The first kappa shape index (κ1) is 33.1. The van der Waals surface area contributed by atoms with Gasteiger partial charge in [-0.25, -0.2) is 4.31 Å². The van der Waals surface area contributed by atoms with E-state index in [9.17, 15) is 18.0 Å². The lowest BCUT2D eigenvalue weighted by Crippen LogP contribution is -2.55. The maximum atomic E-state index is 14.4. The van der Waals surface area contributed by atoms with Gasteiger partial charge < -0.3 is 10.2 Å². The lowest BCUT2D eigenvalue weighted by Gasteiger charge is -2.35. The Kier molecular flexibility index (Phi) is 11.6. The smallest absolute Gasteiger partial charge is 0.304 e. The number of halogens is 1. The fraction of sp³-hybridized carbons (Fsp3) is 0.375. The van der Waals surface area contributed by atoms with E-state index in [0.29, 0.717) is 22.7 Å². The zero-order valence-corrected chi connectivity index (χ0v) is 26.7. The van der Waals surface area contributed by atoms with Crippen LogP contribution in [0.15, 0.2) is 72.8 Å². The molecule has 0 bridgehead atoms. The monoisotopic (exact) mass is 612 g/mol. The van der Waals surface area contributed by atoms with E-state index in [1.54, 1.807) is 31.2 Å². The molecule has 0 spiro atoms. The molecule has 8 nitrogen and oxygen atoms in total. The fourth-order valence-electron chi connectivity index (χ4n) is 4.52. The molecule has 0 fully saturated rings. The van der Waals surface area contributed by atoms with Gasteiger partial charge in [0.05, 0.1) is 5.69 Å². The quantitative estimate of drug-likeness (QED) is 0.290. The molecule has 2 atom stereocenters. The van der Waals surface area contributed by atoms with E-state index in [-0.39, 0.29) is 24.9 Å². The number of rotatable bonds is 13. The summed E-state index contributed by atoms with van der Waals surface area (Å²) >= 11 is 6.28. The second-order valence-corrected chi connectivity index (χ2v) is 13.3. The van der Waals surface area contributed by atoms with Crippen LogP contribution in [0, 0.1) is 13.8 Å². The number of anilines is 1. The van der Waals surface area contributed by atoms with Crippen molar-refractivity contribution in [1.82, 2.24) is 14.5 Å². The SMILES string of the molecule is CC[C@H](C)NC(=O)[C@@H](Cc1ccccc1)N(Cc1cccc(Cl)c1)C(=O)CN(c1cc(C)ccc1C)S(=O)(=O)N(C)C. The molecule has 3 aromatic carbocycles. The lowest BCUT2D eigenvalue weighted by molar-refractivity contribution is -0.140. The van der Waals surface area contributed by atoms with Crippen molar-refractivity contribution in [3.63, 3.8) is 0 Å². The second kappa shape index (κ2) is 14.7. The van der Waals surface area contributed by atoms with Crippen LogP contribution in [0.1, 0.15) is 42.5 Å². The highest BCUT2D eigenvalue weighted by Crippen LogP contribution is 2.26. The maximum absolute atomic E-state index is 14.4. The Bertz CT molecular complexity index is 1480. The standard InChI is InChI=1S/C32H41ClN4O4S/c1-7-25(4)34-32(39)30(20-26-12-9-8-10-13-26)36(21-27-14-11-15-28(33)19-27)31(38)22-37(42(40,41)35(5)6)29-18-23(2)16-17-24(29)3/h8-19,25,30H,7,20-22H2,1-6H3,(H,34,39)/t25-,30+/m0/s1. The Labute approximate surface area is 255 Å². The third kappa shape index (κ3) is 8.56. The van der Waals surface area contributed by atoms with Gasteiger partial charge in [-0.15, -0.1) is 0 Å². The first-order chi connectivity index (χ1) is 19.8. The van der Waals surface area contributed by atoms with Gasteiger partial charge in [0.2, 0.25) is 11.8 Å². The number of nitrogens with zero attached hydrogens (tertiary/aromatic N) is 3. The molecule has 1 N–H and O–H groups in total. The topological polar surface area (TPSA) is 90.0 Å². The van der Waals surface area contributed by atoms with Crippen molar-refractivity contribution in [2.45, 2.75) is 59.2 Å². The molecule has 2 amide bonds. The highest BCUT2D eigenvalue weighted by Gasteiger charge is 2.35. The molecule has 3 rings (SSSR count). The van der Waals surface area contributed by atoms with Crippen molar-refractivity contribution < 1.29 is 18.0 Å². The molecule has 0 aliphatic rings. The lowest BCUT2D eigenvalue weighted by atomic mass is 10.0. The molecule has 0 radical (unpaired) electrons. The molecule has 42 heavy (non-hydrogen) atoms. The predicted octanol–water partition coefficient (Wildman–Crippen LogP) is 5.12. The summed E-state index contributed by atoms with van der Waals surface area (Å²) in [5.74, 6) is -0.820. The van der Waals surface area contributed by atoms with E-state index in [1.165, 1.54) is 19.0 Å². The number of carbonyl (C=O) groups excluding carboxylic acids is 2. The summed E-state index contributed by atoms with van der Waals surface area (Å²) in [6.45, 7) is 7.12. The van der Waals surface area contributed by atoms with Gasteiger partial charge in [-0.1, -0.05) is 73.1 Å². The summed E-state index contributed by atoms with van der Waals surface area (Å²) in [7, 11) is -1.21. The zero-order valence-electron chi connectivity index (χ0n) is 25.2. The van der Waals surface area contributed by atoms with Crippen molar-refractivity contribution in [2.24, 2.45) is 0 Å². The molecule has 10 heteroatoms. The number of carbonyl (C=O) groups is 2. The minimum Gasteiger partial charge on any atom is -0.352 e. The minimum absolute atomic E-state index is 0.0630. The third-order valence-electron chi connectivity index (χ3n) is 7.17. The summed E-state index contributed by atoms with van der Waals surface area (Å²) in [5.41, 5.74) is 3.56. The van der Waals surface area contributed by atoms with E-state index in [2.05, 4.69) is 5.32 Å². The molecule has 0 heterocycles. The van der Waals surface area contributed by atoms with Crippen molar-refractivity contribution in [1.29, 1.82) is 0 Å². The average Bonchev–Trinajstić information content (AvgIpc) is 2.95. The highest BCUT2D eigenvalue weighted by molar-refractivity contribution is 7.90. The molecule has 0 saturated heterocycles. The van der Waals surface area contributed by atoms with Crippen molar-refractivity contribution >= 4 is 39.3 Å². The average molecular weight is 613 g/mol. The van der Waals surface area contributed by atoms with E-state index in [4.69, 9.17) is 11.6 Å². The third-order valence-corrected chi connectivity index (χ3v) is 9.21. The van der Waals surface area contributed by atoms with E-state index < -0.39 is 28.7 Å². The van der Waals surface area contributed by atoms with Gasteiger partial charge in [-0.05, 0) is 67.6 Å². The van der Waals surface area contributed by atoms with Gasteiger partial charge in [0.25, 0.3) is 0 Å². The van der Waals surface area contributed by atoms with Crippen molar-refractivity contribution in [2.75, 3.05) is 24.9 Å². The normalized spacial score (nSPS) is 13.0. The van der Waals surface area contributed by atoms with Crippen LogP contribution in [0.4, 0.5) is 5.69 Å². The van der Waals surface area contributed by atoms with Gasteiger partial charge in [-0.2, -0.15) is 12.7 Å². The van der Waals surface area contributed by atoms with Gasteiger partial charge in [-0.3, -0.25) is 9.59 Å². The number of benzene rings is 3. The van der Waals surface area contributed by atoms with Gasteiger partial charge >= 0.3 is 10.2 Å². The first-order valence-corrected chi connectivity index (χ1v) is 15.8. The molecule has 0 aliphatic heterocycles. The number of hydrogen-bond acceptors (Lipinski definition) is 4. The van der Waals surface area contributed by atoms with Crippen LogP contribution in [-0.2, 0) is 32.8 Å². The molecular weight excluding hydrogens is 572 g/mol. The van der Waals surface area contributed by atoms with Crippen LogP contribution in [0.3, 0.4) is 0 Å². The number of hydrogen-bond donors (Lipinski definition) is 1. The molecule has 0 aromatic heterocycles.